The number of nitrogens with one attached hydrogen (secondary N) is 1. The number of fused-ring (bicyclic) bond motifs is 1. The van der Waals surface area contributed by atoms with E-state index in [2.05, 4.69) is 15.0 Å². The molecule has 3 rings (SSSR count). The number of pyridine rings is 1. The van der Waals surface area contributed by atoms with Gasteiger partial charge in [-0.3, -0.25) is 4.79 Å². The molecule has 2 heterocycles. The van der Waals surface area contributed by atoms with Crippen LogP contribution in [-0.4, -0.2) is 25.7 Å². The lowest BCUT2D eigenvalue weighted by atomic mass is 9.92. The number of aromatic amines is 1. The van der Waals surface area contributed by atoms with Crippen LogP contribution in [0.15, 0.2) is 23.1 Å². The van der Waals surface area contributed by atoms with Crippen LogP contribution in [0.1, 0.15) is 37.9 Å². The molecule has 2 N–H and O–H groups in total. The van der Waals surface area contributed by atoms with Gasteiger partial charge < -0.3 is 10.1 Å². The maximum Gasteiger partial charge on any atom is 0.249 e. The Morgan fingerprint density at radius 1 is 1.50 bits per heavy atom. The predicted octanol–water partition coefficient (Wildman–Crippen LogP) is 1.34. The molecular weight excluding hydrogens is 230 g/mol. The lowest BCUT2D eigenvalue weighted by Crippen LogP contribution is -2.28. The molecule has 5 heteroatoms. The lowest BCUT2D eigenvalue weighted by Gasteiger charge is -2.24. The molecule has 1 aliphatic rings. The standard InChI is InChI=1S/C13H15N3O2/c1-13(18)6-2-3-9(13)12-14-7-8-4-5-10(17)15-11(8)16-12/h4-5,7,9,18H,2-3,6H2,1H3,(H,14,15,16,17)/t9-,13-/m1/s1. The zero-order valence-electron chi connectivity index (χ0n) is 10.2. The van der Waals surface area contributed by atoms with E-state index in [1.165, 1.54) is 6.07 Å². The maximum atomic E-state index is 11.3. The molecule has 0 amide bonds. The average Bonchev–Trinajstić information content (AvgIpc) is 2.68. The van der Waals surface area contributed by atoms with Crippen molar-refractivity contribution in [1.82, 2.24) is 15.0 Å². The van der Waals surface area contributed by atoms with Gasteiger partial charge in [-0.15, -0.1) is 0 Å². The summed E-state index contributed by atoms with van der Waals surface area (Å²) in [6, 6.07) is 3.15. The van der Waals surface area contributed by atoms with Crippen LogP contribution >= 0.6 is 0 Å². The third-order valence-electron chi connectivity index (χ3n) is 3.73. The minimum atomic E-state index is -0.747. The molecule has 1 aliphatic carbocycles. The average molecular weight is 245 g/mol. The Bertz CT molecular complexity index is 648. The minimum Gasteiger partial charge on any atom is -0.389 e. The molecule has 18 heavy (non-hydrogen) atoms. The second kappa shape index (κ2) is 3.88. The van der Waals surface area contributed by atoms with Crippen LogP contribution < -0.4 is 5.56 Å². The third-order valence-corrected chi connectivity index (χ3v) is 3.73. The summed E-state index contributed by atoms with van der Waals surface area (Å²) >= 11 is 0. The molecule has 5 nitrogen and oxygen atoms in total. The highest BCUT2D eigenvalue weighted by Gasteiger charge is 2.39. The van der Waals surface area contributed by atoms with E-state index >= 15 is 0 Å². The van der Waals surface area contributed by atoms with E-state index in [1.54, 1.807) is 12.3 Å². The lowest BCUT2D eigenvalue weighted by molar-refractivity contribution is 0.0472. The summed E-state index contributed by atoms with van der Waals surface area (Å²) < 4.78 is 0. The van der Waals surface area contributed by atoms with Crippen molar-refractivity contribution in [3.63, 3.8) is 0 Å². The molecule has 94 valence electrons. The van der Waals surface area contributed by atoms with Gasteiger partial charge >= 0.3 is 0 Å². The fourth-order valence-corrected chi connectivity index (χ4v) is 2.68. The van der Waals surface area contributed by atoms with E-state index in [0.29, 0.717) is 11.5 Å². The number of aliphatic hydroxyl groups is 1. The first-order chi connectivity index (χ1) is 8.56. The Morgan fingerprint density at radius 2 is 2.33 bits per heavy atom. The summed E-state index contributed by atoms with van der Waals surface area (Å²) in [6.07, 6.45) is 4.33. The molecule has 0 saturated heterocycles. The number of rotatable bonds is 1. The molecule has 0 unspecified atom stereocenters. The Kier molecular flexibility index (Phi) is 2.45. The molecule has 0 radical (unpaired) electrons. The van der Waals surface area contributed by atoms with E-state index in [4.69, 9.17) is 0 Å². The maximum absolute atomic E-state index is 11.3. The first-order valence-corrected chi connectivity index (χ1v) is 6.15. The molecular formula is C13H15N3O2. The van der Waals surface area contributed by atoms with Gasteiger partial charge in [0.1, 0.15) is 11.5 Å². The van der Waals surface area contributed by atoms with Crippen molar-refractivity contribution in [2.75, 3.05) is 0 Å². The first-order valence-electron chi connectivity index (χ1n) is 6.15. The van der Waals surface area contributed by atoms with Gasteiger partial charge in [0.15, 0.2) is 0 Å². The van der Waals surface area contributed by atoms with Crippen molar-refractivity contribution in [2.24, 2.45) is 0 Å². The molecule has 2 aromatic heterocycles. The SMILES string of the molecule is C[C@@]1(O)CCC[C@@H]1c1ncc2ccc(=O)[nH]c2n1. The largest absolute Gasteiger partial charge is 0.389 e. The van der Waals surface area contributed by atoms with Crippen LogP contribution in [0.3, 0.4) is 0 Å². The van der Waals surface area contributed by atoms with Crippen LogP contribution in [0.25, 0.3) is 11.0 Å². The van der Waals surface area contributed by atoms with E-state index in [-0.39, 0.29) is 11.5 Å². The Morgan fingerprint density at radius 3 is 3.06 bits per heavy atom. The van der Waals surface area contributed by atoms with Crippen molar-refractivity contribution in [3.05, 3.63) is 34.5 Å². The van der Waals surface area contributed by atoms with E-state index in [9.17, 15) is 9.90 Å². The summed E-state index contributed by atoms with van der Waals surface area (Å²) in [5.41, 5.74) is -0.386. The monoisotopic (exact) mass is 245 g/mol. The first kappa shape index (κ1) is 11.3. The van der Waals surface area contributed by atoms with Crippen LogP contribution in [-0.2, 0) is 0 Å². The number of nitrogens with zero attached hydrogens (tertiary/aromatic N) is 2. The summed E-state index contributed by atoms with van der Waals surface area (Å²) in [5.74, 6) is 0.567. The molecule has 0 spiro atoms. The quantitative estimate of drug-likeness (QED) is 0.794. The van der Waals surface area contributed by atoms with Gasteiger partial charge in [0.2, 0.25) is 5.56 Å². The normalized spacial score (nSPS) is 27.8. The van der Waals surface area contributed by atoms with Crippen LogP contribution in [0.2, 0.25) is 0 Å². The molecule has 0 bridgehead atoms. The van der Waals surface area contributed by atoms with Gasteiger partial charge in [0, 0.05) is 23.6 Å². The zero-order valence-corrected chi connectivity index (χ0v) is 10.2. The topological polar surface area (TPSA) is 78.9 Å². The molecule has 2 atom stereocenters. The number of H-pyrrole nitrogens is 1. The van der Waals surface area contributed by atoms with Crippen LogP contribution in [0.5, 0.6) is 0 Å². The van der Waals surface area contributed by atoms with Gasteiger partial charge in [-0.1, -0.05) is 0 Å². The molecule has 0 aromatic carbocycles. The Hall–Kier alpha value is -1.75. The van der Waals surface area contributed by atoms with Crippen molar-refractivity contribution in [3.8, 4) is 0 Å². The Balaban J connectivity index is 2.10. The third kappa shape index (κ3) is 1.80. The van der Waals surface area contributed by atoms with Crippen molar-refractivity contribution >= 4 is 11.0 Å². The van der Waals surface area contributed by atoms with E-state index < -0.39 is 5.60 Å². The van der Waals surface area contributed by atoms with Crippen molar-refractivity contribution in [1.29, 1.82) is 0 Å². The summed E-state index contributed by atoms with van der Waals surface area (Å²) in [5, 5.41) is 11.1. The van der Waals surface area contributed by atoms with Gasteiger partial charge in [-0.25, -0.2) is 9.97 Å². The highest BCUT2D eigenvalue weighted by Crippen LogP contribution is 2.41. The second-order valence-corrected chi connectivity index (χ2v) is 5.16. The second-order valence-electron chi connectivity index (χ2n) is 5.16. The van der Waals surface area contributed by atoms with Gasteiger partial charge in [-0.05, 0) is 32.3 Å². The van der Waals surface area contributed by atoms with Crippen molar-refractivity contribution < 1.29 is 5.11 Å². The highest BCUT2D eigenvalue weighted by atomic mass is 16.3. The van der Waals surface area contributed by atoms with Gasteiger partial charge in [0.25, 0.3) is 0 Å². The molecule has 1 fully saturated rings. The van der Waals surface area contributed by atoms with Crippen molar-refractivity contribution in [2.45, 2.75) is 37.7 Å². The van der Waals surface area contributed by atoms with Crippen LogP contribution in [0.4, 0.5) is 0 Å². The fourth-order valence-electron chi connectivity index (χ4n) is 2.68. The van der Waals surface area contributed by atoms with Crippen LogP contribution in [0, 0.1) is 0 Å². The summed E-state index contributed by atoms with van der Waals surface area (Å²) in [4.78, 5) is 22.7. The summed E-state index contributed by atoms with van der Waals surface area (Å²) in [7, 11) is 0. The molecule has 2 aromatic rings. The van der Waals surface area contributed by atoms with E-state index in [1.807, 2.05) is 6.92 Å². The highest BCUT2D eigenvalue weighted by molar-refractivity contribution is 5.72. The van der Waals surface area contributed by atoms with Gasteiger partial charge in [-0.2, -0.15) is 0 Å². The number of aromatic nitrogens is 3. The molecule has 1 saturated carbocycles. The Labute approximate surface area is 104 Å². The predicted molar refractivity (Wildman–Crippen MR) is 67.4 cm³/mol. The van der Waals surface area contributed by atoms with Gasteiger partial charge in [0.05, 0.1) is 5.60 Å². The molecule has 0 aliphatic heterocycles. The van der Waals surface area contributed by atoms with E-state index in [0.717, 1.165) is 24.6 Å². The smallest absolute Gasteiger partial charge is 0.249 e. The summed E-state index contributed by atoms with van der Waals surface area (Å²) in [6.45, 7) is 1.83. The number of hydrogen-bond donors (Lipinski definition) is 2. The number of hydrogen-bond acceptors (Lipinski definition) is 4. The zero-order chi connectivity index (χ0) is 12.8. The fraction of sp³-hybridized carbons (Fsp3) is 0.462. The minimum absolute atomic E-state index is 0.0504.